The predicted molar refractivity (Wildman–Crippen MR) is 135 cm³/mol. The Hall–Kier alpha value is -3.87. The molecule has 35 heavy (non-hydrogen) atoms. The zero-order chi connectivity index (χ0) is 24.4. The molecule has 3 heterocycles. The van der Waals surface area contributed by atoms with E-state index in [1.165, 1.54) is 0 Å². The highest BCUT2D eigenvalue weighted by atomic mass is 16.2. The molecule has 2 N–H and O–H groups in total. The summed E-state index contributed by atoms with van der Waals surface area (Å²) in [7, 11) is 0. The fraction of sp³-hybridized carbons (Fsp3) is 0.321. The summed E-state index contributed by atoms with van der Waals surface area (Å²) in [5.41, 5.74) is 3.73. The van der Waals surface area contributed by atoms with E-state index in [0.29, 0.717) is 31.7 Å². The molecule has 1 fully saturated rings. The lowest BCUT2D eigenvalue weighted by Gasteiger charge is -2.43. The molecule has 7 nitrogen and oxygen atoms in total. The average molecular weight is 471 g/mol. The van der Waals surface area contributed by atoms with Gasteiger partial charge in [0.15, 0.2) is 0 Å². The standard InChI is InChI=1S/C28H30N4O3/c1-19-7-5-10-23(13-19)29-27(34)24(15-20-8-3-2-4-9-20)30-28(35)31-16-21-14-22(18-31)25-11-6-12-26(33)32(25)17-21/h2-13,21-22,24H,14-18H2,1H3,(H,29,34)(H,30,35)/t21?,22?,24-/m0/s1. The fourth-order valence-corrected chi connectivity index (χ4v) is 5.31. The SMILES string of the molecule is Cc1cccc(NC(=O)[C@H](Cc2ccccc2)NC(=O)N2CC3CC(C2)c2cccc(=O)n2C3)c1. The van der Waals surface area contributed by atoms with Crippen LogP contribution in [0.3, 0.4) is 0 Å². The lowest BCUT2D eigenvalue weighted by Crippen LogP contribution is -2.55. The number of rotatable bonds is 5. The Bertz CT molecular complexity index is 1290. The summed E-state index contributed by atoms with van der Waals surface area (Å²) in [5.74, 6) is 0.0959. The third-order valence-electron chi connectivity index (χ3n) is 6.95. The number of carbonyl (C=O) groups excluding carboxylic acids is 2. The molecule has 2 aliphatic heterocycles. The van der Waals surface area contributed by atoms with Crippen molar-refractivity contribution in [1.29, 1.82) is 0 Å². The number of hydrogen-bond acceptors (Lipinski definition) is 3. The molecule has 0 spiro atoms. The third kappa shape index (κ3) is 5.14. The number of pyridine rings is 1. The van der Waals surface area contributed by atoms with Gasteiger partial charge < -0.3 is 20.1 Å². The monoisotopic (exact) mass is 470 g/mol. The first-order valence-electron chi connectivity index (χ1n) is 12.1. The molecule has 2 unspecified atom stereocenters. The van der Waals surface area contributed by atoms with E-state index in [0.717, 1.165) is 23.2 Å². The molecule has 0 aliphatic carbocycles. The third-order valence-corrected chi connectivity index (χ3v) is 6.95. The first-order valence-corrected chi connectivity index (χ1v) is 12.1. The Morgan fingerprint density at radius 1 is 0.971 bits per heavy atom. The van der Waals surface area contributed by atoms with Crippen molar-refractivity contribution in [2.24, 2.45) is 5.92 Å². The van der Waals surface area contributed by atoms with Crippen LogP contribution in [0.15, 0.2) is 77.6 Å². The molecule has 3 amide bonds. The largest absolute Gasteiger partial charge is 0.326 e. The first kappa shape index (κ1) is 22.9. The number of piperidine rings is 1. The maximum absolute atomic E-state index is 13.4. The number of amides is 3. The summed E-state index contributed by atoms with van der Waals surface area (Å²) in [6, 6.07) is 21.7. The highest BCUT2D eigenvalue weighted by Gasteiger charge is 2.37. The second kappa shape index (κ2) is 9.78. The molecular weight excluding hydrogens is 440 g/mol. The van der Waals surface area contributed by atoms with Crippen LogP contribution in [0.1, 0.15) is 29.2 Å². The molecule has 2 bridgehead atoms. The van der Waals surface area contributed by atoms with Crippen LogP contribution in [0.2, 0.25) is 0 Å². The van der Waals surface area contributed by atoms with Crippen LogP contribution in [0.4, 0.5) is 10.5 Å². The van der Waals surface area contributed by atoms with E-state index in [-0.39, 0.29) is 29.3 Å². The van der Waals surface area contributed by atoms with Gasteiger partial charge >= 0.3 is 6.03 Å². The topological polar surface area (TPSA) is 83.4 Å². The second-order valence-electron chi connectivity index (χ2n) is 9.65. The Balaban J connectivity index is 1.32. The quantitative estimate of drug-likeness (QED) is 0.598. The molecule has 0 saturated carbocycles. The summed E-state index contributed by atoms with van der Waals surface area (Å²) in [6.07, 6.45) is 1.36. The van der Waals surface area contributed by atoms with E-state index < -0.39 is 6.04 Å². The Morgan fingerprint density at radius 2 is 1.77 bits per heavy atom. The number of benzene rings is 2. The number of fused-ring (bicyclic) bond motifs is 4. The van der Waals surface area contributed by atoms with E-state index in [1.54, 1.807) is 17.0 Å². The smallest absolute Gasteiger partial charge is 0.318 e. The summed E-state index contributed by atoms with van der Waals surface area (Å²) < 4.78 is 1.85. The molecule has 1 saturated heterocycles. The molecule has 180 valence electrons. The van der Waals surface area contributed by atoms with E-state index >= 15 is 0 Å². The van der Waals surface area contributed by atoms with Crippen LogP contribution in [-0.2, 0) is 17.8 Å². The van der Waals surface area contributed by atoms with Gasteiger partial charge in [-0.3, -0.25) is 9.59 Å². The lowest BCUT2D eigenvalue weighted by molar-refractivity contribution is -0.118. The van der Waals surface area contributed by atoms with Crippen LogP contribution in [0.5, 0.6) is 0 Å². The first-order chi connectivity index (χ1) is 17.0. The minimum atomic E-state index is -0.720. The van der Waals surface area contributed by atoms with Gasteiger partial charge in [-0.05, 0) is 48.6 Å². The van der Waals surface area contributed by atoms with Gasteiger partial charge in [0.1, 0.15) is 6.04 Å². The molecule has 2 aliphatic rings. The van der Waals surface area contributed by atoms with Gasteiger partial charge in [0.2, 0.25) is 5.91 Å². The number of carbonyl (C=O) groups is 2. The number of urea groups is 1. The minimum Gasteiger partial charge on any atom is -0.326 e. The highest BCUT2D eigenvalue weighted by Crippen LogP contribution is 2.34. The number of likely N-dealkylation sites (tertiary alicyclic amines) is 1. The van der Waals surface area contributed by atoms with Crippen LogP contribution in [-0.4, -0.2) is 40.5 Å². The van der Waals surface area contributed by atoms with Gasteiger partial charge in [0.05, 0.1) is 0 Å². The maximum Gasteiger partial charge on any atom is 0.318 e. The molecule has 2 aromatic carbocycles. The van der Waals surface area contributed by atoms with E-state index in [4.69, 9.17) is 0 Å². The molecule has 0 radical (unpaired) electrons. The van der Waals surface area contributed by atoms with Crippen molar-refractivity contribution in [3.05, 3.63) is 100.0 Å². The van der Waals surface area contributed by atoms with Gasteiger partial charge in [-0.1, -0.05) is 48.5 Å². The fourth-order valence-electron chi connectivity index (χ4n) is 5.31. The van der Waals surface area contributed by atoms with Gasteiger partial charge in [0, 0.05) is 49.4 Å². The van der Waals surface area contributed by atoms with Gasteiger partial charge in [-0.25, -0.2) is 4.79 Å². The molecule has 3 atom stereocenters. The number of hydrogen-bond donors (Lipinski definition) is 2. The summed E-state index contributed by atoms with van der Waals surface area (Å²) in [5, 5.41) is 5.96. The van der Waals surface area contributed by atoms with Crippen molar-refractivity contribution >= 4 is 17.6 Å². The normalized spacial score (nSPS) is 19.4. The lowest BCUT2D eigenvalue weighted by atomic mass is 9.83. The number of aryl methyl sites for hydroxylation is 1. The number of aromatic nitrogens is 1. The van der Waals surface area contributed by atoms with Crippen LogP contribution in [0.25, 0.3) is 0 Å². The number of nitrogens with zero attached hydrogens (tertiary/aromatic N) is 2. The molecular formula is C28H30N4O3. The van der Waals surface area contributed by atoms with Crippen molar-refractivity contribution < 1.29 is 9.59 Å². The van der Waals surface area contributed by atoms with Crippen molar-refractivity contribution in [2.45, 2.75) is 38.3 Å². The maximum atomic E-state index is 13.4. The van der Waals surface area contributed by atoms with Gasteiger partial charge in [-0.15, -0.1) is 0 Å². The minimum absolute atomic E-state index is 0.0193. The molecule has 3 aromatic rings. The van der Waals surface area contributed by atoms with E-state index in [2.05, 4.69) is 10.6 Å². The summed E-state index contributed by atoms with van der Waals surface area (Å²) >= 11 is 0. The zero-order valence-electron chi connectivity index (χ0n) is 19.8. The van der Waals surface area contributed by atoms with E-state index in [1.807, 2.05) is 72.2 Å². The Labute approximate surface area is 204 Å². The van der Waals surface area contributed by atoms with Gasteiger partial charge in [0.25, 0.3) is 5.56 Å². The van der Waals surface area contributed by atoms with Crippen LogP contribution < -0.4 is 16.2 Å². The van der Waals surface area contributed by atoms with Crippen LogP contribution >= 0.6 is 0 Å². The number of anilines is 1. The van der Waals surface area contributed by atoms with Crippen molar-refractivity contribution in [1.82, 2.24) is 14.8 Å². The van der Waals surface area contributed by atoms with Crippen LogP contribution in [0, 0.1) is 12.8 Å². The molecule has 7 heteroatoms. The highest BCUT2D eigenvalue weighted by molar-refractivity contribution is 5.97. The second-order valence-corrected chi connectivity index (χ2v) is 9.65. The zero-order valence-corrected chi connectivity index (χ0v) is 19.8. The molecule has 5 rings (SSSR count). The summed E-state index contributed by atoms with van der Waals surface area (Å²) in [6.45, 7) is 3.69. The Morgan fingerprint density at radius 3 is 2.57 bits per heavy atom. The van der Waals surface area contributed by atoms with Crippen molar-refractivity contribution in [3.63, 3.8) is 0 Å². The average Bonchev–Trinajstić information content (AvgIpc) is 2.85. The van der Waals surface area contributed by atoms with Crippen molar-refractivity contribution in [2.75, 3.05) is 18.4 Å². The Kier molecular flexibility index (Phi) is 6.40. The summed E-state index contributed by atoms with van der Waals surface area (Å²) in [4.78, 5) is 40.8. The number of nitrogens with one attached hydrogen (secondary N) is 2. The van der Waals surface area contributed by atoms with Gasteiger partial charge in [-0.2, -0.15) is 0 Å². The predicted octanol–water partition coefficient (Wildman–Crippen LogP) is 3.54. The van der Waals surface area contributed by atoms with E-state index in [9.17, 15) is 14.4 Å². The van der Waals surface area contributed by atoms with Crippen molar-refractivity contribution in [3.8, 4) is 0 Å². The molecule has 1 aromatic heterocycles.